The third-order valence-corrected chi connectivity index (χ3v) is 6.27. The summed E-state index contributed by atoms with van der Waals surface area (Å²) in [6.07, 6.45) is 0.0136. The summed E-state index contributed by atoms with van der Waals surface area (Å²) in [5.74, 6) is 1.73. The molecular weight excluding hydrogens is 537 g/mol. The number of likely N-dealkylation sites (N-methyl/N-ethyl adjacent to an activating group) is 1. The van der Waals surface area contributed by atoms with E-state index < -0.39 is 0 Å². The highest BCUT2D eigenvalue weighted by Crippen LogP contribution is 2.21. The minimum atomic E-state index is 0. The maximum atomic E-state index is 6.07. The number of para-hydroxylation sites is 1. The van der Waals surface area contributed by atoms with Crippen molar-refractivity contribution in [2.75, 3.05) is 47.4 Å². The second-order valence-corrected chi connectivity index (χ2v) is 8.18. The molecular formula is C23H38IN5O2S. The number of hydrogen-bond acceptors (Lipinski definition) is 6. The van der Waals surface area contributed by atoms with Crippen molar-refractivity contribution in [3.8, 4) is 5.75 Å². The number of hydrogen-bond donors (Lipinski definition) is 1. The largest absolute Gasteiger partial charge is 0.492 e. The standard InChI is InChI=1S/C23H37N5O2S.HI/c1-7-28(8-2)13-14-30-21-12-10-9-11-19(21)15-25-23(24-4)27(5)16-20-17-31-22(26-20)18(3)29-6;/h9-12,17-18H,7-8,13-16H2,1-6H3,(H,24,25);1H. The van der Waals surface area contributed by atoms with Crippen LogP contribution in [0.2, 0.25) is 0 Å². The van der Waals surface area contributed by atoms with Crippen LogP contribution in [0.3, 0.4) is 0 Å². The van der Waals surface area contributed by atoms with Crippen LogP contribution in [0.15, 0.2) is 34.6 Å². The van der Waals surface area contributed by atoms with Crippen LogP contribution >= 0.6 is 35.3 Å². The summed E-state index contributed by atoms with van der Waals surface area (Å²) in [6, 6.07) is 8.16. The van der Waals surface area contributed by atoms with Crippen LogP contribution in [0.5, 0.6) is 5.75 Å². The Labute approximate surface area is 214 Å². The number of rotatable bonds is 12. The zero-order valence-corrected chi connectivity index (χ0v) is 23.3. The second kappa shape index (κ2) is 15.4. The lowest BCUT2D eigenvalue weighted by Gasteiger charge is -2.22. The van der Waals surface area contributed by atoms with E-state index in [9.17, 15) is 0 Å². The van der Waals surface area contributed by atoms with E-state index >= 15 is 0 Å². The summed E-state index contributed by atoms with van der Waals surface area (Å²) in [4.78, 5) is 13.5. The molecule has 0 aliphatic heterocycles. The van der Waals surface area contributed by atoms with Gasteiger partial charge in [-0.25, -0.2) is 4.98 Å². The second-order valence-electron chi connectivity index (χ2n) is 7.29. The fourth-order valence-electron chi connectivity index (χ4n) is 3.17. The zero-order chi connectivity index (χ0) is 22.6. The summed E-state index contributed by atoms with van der Waals surface area (Å²) in [5, 5.41) is 6.51. The number of thiazole rings is 1. The number of nitrogens with zero attached hydrogens (tertiary/aromatic N) is 4. The van der Waals surface area contributed by atoms with E-state index in [-0.39, 0.29) is 30.1 Å². The maximum Gasteiger partial charge on any atom is 0.194 e. The Morgan fingerprint density at radius 3 is 2.62 bits per heavy atom. The molecule has 1 heterocycles. The molecule has 0 aliphatic rings. The van der Waals surface area contributed by atoms with Crippen LogP contribution < -0.4 is 10.1 Å². The quantitative estimate of drug-likeness (QED) is 0.230. The number of aliphatic imine (C=N–C) groups is 1. The molecule has 1 N–H and O–H groups in total. The Morgan fingerprint density at radius 1 is 1.25 bits per heavy atom. The van der Waals surface area contributed by atoms with Crippen LogP contribution in [0, 0.1) is 0 Å². The highest BCUT2D eigenvalue weighted by Gasteiger charge is 2.13. The Hall–Kier alpha value is -1.43. The third kappa shape index (κ3) is 8.84. The van der Waals surface area contributed by atoms with E-state index in [4.69, 9.17) is 9.47 Å². The SMILES string of the molecule is CCN(CC)CCOc1ccccc1CNC(=NC)N(C)Cc1csc(C(C)OC)n1.I. The van der Waals surface area contributed by atoms with Gasteiger partial charge in [0.05, 0.1) is 12.2 Å². The van der Waals surface area contributed by atoms with Crippen LogP contribution in [0.4, 0.5) is 0 Å². The Balaban J connectivity index is 0.00000512. The van der Waals surface area contributed by atoms with Crippen molar-refractivity contribution in [2.24, 2.45) is 4.99 Å². The van der Waals surface area contributed by atoms with Gasteiger partial charge in [0.2, 0.25) is 0 Å². The molecule has 0 amide bonds. The van der Waals surface area contributed by atoms with Crippen molar-refractivity contribution >= 4 is 41.3 Å². The minimum absolute atomic E-state index is 0. The molecule has 0 bridgehead atoms. The van der Waals surface area contributed by atoms with Gasteiger partial charge in [-0.1, -0.05) is 32.0 Å². The molecule has 0 saturated carbocycles. The smallest absolute Gasteiger partial charge is 0.194 e. The summed E-state index contributed by atoms with van der Waals surface area (Å²) >= 11 is 1.63. The van der Waals surface area contributed by atoms with Gasteiger partial charge in [-0.2, -0.15) is 0 Å². The number of methoxy groups -OCH3 is 1. The molecule has 0 radical (unpaired) electrons. The van der Waals surface area contributed by atoms with Crippen LogP contribution in [-0.2, 0) is 17.8 Å². The first-order valence-electron chi connectivity index (χ1n) is 10.8. The number of benzene rings is 1. The van der Waals surface area contributed by atoms with Crippen molar-refractivity contribution in [3.63, 3.8) is 0 Å². The normalized spacial score (nSPS) is 12.4. The highest BCUT2D eigenvalue weighted by molar-refractivity contribution is 14.0. The predicted octanol–water partition coefficient (Wildman–Crippen LogP) is 4.40. The number of ether oxygens (including phenoxy) is 2. The van der Waals surface area contributed by atoms with Crippen LogP contribution in [0.1, 0.15) is 43.1 Å². The summed E-state index contributed by atoms with van der Waals surface area (Å²) < 4.78 is 11.4. The van der Waals surface area contributed by atoms with Crippen molar-refractivity contribution in [1.29, 1.82) is 0 Å². The van der Waals surface area contributed by atoms with Gasteiger partial charge >= 0.3 is 0 Å². The first kappa shape index (κ1) is 28.6. The highest BCUT2D eigenvalue weighted by atomic mass is 127. The molecule has 2 rings (SSSR count). The lowest BCUT2D eigenvalue weighted by atomic mass is 10.2. The van der Waals surface area contributed by atoms with E-state index in [0.717, 1.165) is 47.6 Å². The first-order valence-corrected chi connectivity index (χ1v) is 11.7. The Morgan fingerprint density at radius 2 is 1.97 bits per heavy atom. The fourth-order valence-corrected chi connectivity index (χ4v) is 4.02. The lowest BCUT2D eigenvalue weighted by Crippen LogP contribution is -2.38. The van der Waals surface area contributed by atoms with Gasteiger partial charge in [0.15, 0.2) is 5.96 Å². The summed E-state index contributed by atoms with van der Waals surface area (Å²) in [6.45, 7) is 11.4. The molecule has 1 aromatic carbocycles. The molecule has 180 valence electrons. The van der Waals surface area contributed by atoms with Crippen molar-refractivity contribution in [2.45, 2.75) is 40.0 Å². The number of nitrogens with one attached hydrogen (secondary N) is 1. The van der Waals surface area contributed by atoms with Crippen LogP contribution in [-0.4, -0.2) is 68.2 Å². The van der Waals surface area contributed by atoms with Crippen molar-refractivity contribution in [1.82, 2.24) is 20.1 Å². The van der Waals surface area contributed by atoms with Gasteiger partial charge in [0.1, 0.15) is 23.5 Å². The number of halogens is 1. The minimum Gasteiger partial charge on any atom is -0.492 e. The predicted molar refractivity (Wildman–Crippen MR) is 144 cm³/mol. The molecule has 2 aromatic rings. The molecule has 0 saturated heterocycles. The molecule has 9 heteroatoms. The number of guanidine groups is 1. The van der Waals surface area contributed by atoms with Gasteiger partial charge in [-0.05, 0) is 26.1 Å². The van der Waals surface area contributed by atoms with E-state index in [1.54, 1.807) is 25.5 Å². The molecule has 32 heavy (non-hydrogen) atoms. The van der Waals surface area contributed by atoms with Gasteiger partial charge in [0.25, 0.3) is 0 Å². The summed E-state index contributed by atoms with van der Waals surface area (Å²) in [7, 11) is 5.51. The molecule has 0 spiro atoms. The van der Waals surface area contributed by atoms with Gasteiger partial charge in [-0.15, -0.1) is 35.3 Å². The average Bonchev–Trinajstić information content (AvgIpc) is 3.26. The Bertz CT molecular complexity index is 813. The van der Waals surface area contributed by atoms with E-state index in [1.807, 2.05) is 32.2 Å². The van der Waals surface area contributed by atoms with Gasteiger partial charge in [-0.3, -0.25) is 4.99 Å². The number of aromatic nitrogens is 1. The molecule has 1 unspecified atom stereocenters. The fraction of sp³-hybridized carbons (Fsp3) is 0.565. The monoisotopic (exact) mass is 575 g/mol. The molecule has 0 aliphatic carbocycles. The summed E-state index contributed by atoms with van der Waals surface area (Å²) in [5.41, 5.74) is 2.12. The van der Waals surface area contributed by atoms with Gasteiger partial charge in [0, 0.05) is 45.2 Å². The van der Waals surface area contributed by atoms with E-state index in [0.29, 0.717) is 19.7 Å². The van der Waals surface area contributed by atoms with Crippen molar-refractivity contribution < 1.29 is 9.47 Å². The van der Waals surface area contributed by atoms with Crippen LogP contribution in [0.25, 0.3) is 0 Å². The molecule has 1 aromatic heterocycles. The first-order chi connectivity index (χ1) is 15.0. The van der Waals surface area contributed by atoms with E-state index in [1.165, 1.54) is 0 Å². The maximum absolute atomic E-state index is 6.07. The Kier molecular flexibility index (Phi) is 13.8. The van der Waals surface area contributed by atoms with E-state index in [2.05, 4.69) is 50.4 Å². The molecule has 7 nitrogen and oxygen atoms in total. The lowest BCUT2D eigenvalue weighted by molar-refractivity contribution is 0.119. The average molecular weight is 576 g/mol. The third-order valence-electron chi connectivity index (χ3n) is 5.21. The van der Waals surface area contributed by atoms with Gasteiger partial charge < -0.3 is 24.6 Å². The zero-order valence-electron chi connectivity index (χ0n) is 20.1. The molecule has 1 atom stereocenters. The topological polar surface area (TPSA) is 62.2 Å². The van der Waals surface area contributed by atoms with Crippen molar-refractivity contribution in [3.05, 3.63) is 45.9 Å². The molecule has 0 fully saturated rings.